The fourth-order valence-electron chi connectivity index (χ4n) is 2.01. The molecule has 0 N–H and O–H groups in total. The van der Waals surface area contributed by atoms with Gasteiger partial charge in [-0.05, 0) is 47.9 Å². The van der Waals surface area contributed by atoms with Gasteiger partial charge in [0.2, 0.25) is 0 Å². The van der Waals surface area contributed by atoms with E-state index in [1.54, 1.807) is 0 Å². The molecule has 1 heterocycles. The molecule has 1 aromatic carbocycles. The Kier molecular flexibility index (Phi) is 4.41. The minimum absolute atomic E-state index is 0.0371. The molecule has 0 saturated heterocycles. The van der Waals surface area contributed by atoms with E-state index >= 15 is 0 Å². The Morgan fingerprint density at radius 1 is 1.17 bits per heavy atom. The fourth-order valence-corrected chi connectivity index (χ4v) is 2.77. The largest absolute Gasteiger partial charge is 0.265 e. The van der Waals surface area contributed by atoms with Crippen LogP contribution in [0.3, 0.4) is 0 Å². The van der Waals surface area contributed by atoms with E-state index in [-0.39, 0.29) is 11.3 Å². The van der Waals surface area contributed by atoms with E-state index in [0.29, 0.717) is 0 Å². The average molecular weight is 325 g/mol. The van der Waals surface area contributed by atoms with Crippen LogP contribution in [0.4, 0.5) is 0 Å². The van der Waals surface area contributed by atoms with E-state index in [0.717, 1.165) is 4.47 Å². The summed E-state index contributed by atoms with van der Waals surface area (Å²) in [5.74, 6) is 0.252. The van der Waals surface area contributed by atoms with Crippen molar-refractivity contribution in [2.75, 3.05) is 0 Å². The summed E-state index contributed by atoms with van der Waals surface area (Å²) in [6.07, 6.45) is 3.62. The standard InChI is InChI=1S/C15H15BrClN/c1-10-3-4-13(16)9-14(10)15(17)11(2)12-5-7-18-8-6-12/h3-9,11,15H,1-2H3. The Morgan fingerprint density at radius 2 is 1.83 bits per heavy atom. The number of aromatic nitrogens is 1. The first-order chi connectivity index (χ1) is 8.59. The maximum Gasteiger partial charge on any atom is 0.0654 e. The molecule has 0 saturated carbocycles. The van der Waals surface area contributed by atoms with Crippen molar-refractivity contribution in [2.24, 2.45) is 0 Å². The smallest absolute Gasteiger partial charge is 0.0654 e. The number of halogens is 2. The van der Waals surface area contributed by atoms with Gasteiger partial charge in [0, 0.05) is 22.8 Å². The van der Waals surface area contributed by atoms with Crippen LogP contribution >= 0.6 is 27.5 Å². The lowest BCUT2D eigenvalue weighted by atomic mass is 9.92. The molecule has 2 unspecified atom stereocenters. The van der Waals surface area contributed by atoms with Gasteiger partial charge in [-0.2, -0.15) is 0 Å². The zero-order chi connectivity index (χ0) is 13.1. The van der Waals surface area contributed by atoms with Crippen LogP contribution in [0.5, 0.6) is 0 Å². The fraction of sp³-hybridized carbons (Fsp3) is 0.267. The van der Waals surface area contributed by atoms with Crippen LogP contribution in [0.2, 0.25) is 0 Å². The third-order valence-corrected chi connectivity index (χ3v) is 4.32. The van der Waals surface area contributed by atoms with E-state index in [1.165, 1.54) is 16.7 Å². The van der Waals surface area contributed by atoms with Gasteiger partial charge in [0.15, 0.2) is 0 Å². The van der Waals surface area contributed by atoms with Crippen LogP contribution in [0, 0.1) is 6.92 Å². The topological polar surface area (TPSA) is 12.9 Å². The number of hydrogen-bond donors (Lipinski definition) is 0. The summed E-state index contributed by atoms with van der Waals surface area (Å²) < 4.78 is 1.07. The van der Waals surface area contributed by atoms with Crippen molar-refractivity contribution in [1.82, 2.24) is 4.98 Å². The second-order valence-corrected chi connectivity index (χ2v) is 5.86. The number of nitrogens with zero attached hydrogens (tertiary/aromatic N) is 1. The molecule has 2 rings (SSSR count). The zero-order valence-corrected chi connectivity index (χ0v) is 12.7. The summed E-state index contributed by atoms with van der Waals surface area (Å²) in [6, 6.07) is 10.3. The second-order valence-electron chi connectivity index (χ2n) is 4.47. The number of pyridine rings is 1. The molecule has 1 aromatic heterocycles. The zero-order valence-electron chi connectivity index (χ0n) is 10.4. The Labute approximate surface area is 121 Å². The number of rotatable bonds is 3. The van der Waals surface area contributed by atoms with E-state index in [4.69, 9.17) is 11.6 Å². The molecule has 0 amide bonds. The Balaban J connectivity index is 2.31. The van der Waals surface area contributed by atoms with Gasteiger partial charge < -0.3 is 0 Å². The minimum atomic E-state index is -0.0371. The van der Waals surface area contributed by atoms with E-state index < -0.39 is 0 Å². The summed E-state index contributed by atoms with van der Waals surface area (Å²) in [5, 5.41) is -0.0371. The lowest BCUT2D eigenvalue weighted by molar-refractivity contribution is 0.726. The summed E-state index contributed by atoms with van der Waals surface area (Å²) in [6.45, 7) is 4.24. The number of hydrogen-bond acceptors (Lipinski definition) is 1. The van der Waals surface area contributed by atoms with Crippen LogP contribution in [0.1, 0.15) is 34.9 Å². The summed E-state index contributed by atoms with van der Waals surface area (Å²) >= 11 is 10.1. The Hall–Kier alpha value is -0.860. The molecule has 0 bridgehead atoms. The first-order valence-electron chi connectivity index (χ1n) is 5.89. The molecular formula is C15H15BrClN. The highest BCUT2D eigenvalue weighted by Crippen LogP contribution is 2.38. The number of benzene rings is 1. The predicted octanol–water partition coefficient (Wildman–Crippen LogP) is 5.24. The predicted molar refractivity (Wildman–Crippen MR) is 80.1 cm³/mol. The van der Waals surface area contributed by atoms with Crippen molar-refractivity contribution >= 4 is 27.5 Å². The van der Waals surface area contributed by atoms with Gasteiger partial charge in [-0.1, -0.05) is 28.9 Å². The molecule has 0 spiro atoms. The number of alkyl halides is 1. The number of aryl methyl sites for hydroxylation is 1. The average Bonchev–Trinajstić information content (AvgIpc) is 2.41. The van der Waals surface area contributed by atoms with Crippen molar-refractivity contribution < 1.29 is 0 Å². The quantitative estimate of drug-likeness (QED) is 0.704. The lowest BCUT2D eigenvalue weighted by Crippen LogP contribution is -2.04. The lowest BCUT2D eigenvalue weighted by Gasteiger charge is -2.20. The summed E-state index contributed by atoms with van der Waals surface area (Å²) in [4.78, 5) is 4.04. The molecule has 2 atom stereocenters. The maximum atomic E-state index is 6.63. The van der Waals surface area contributed by atoms with Gasteiger partial charge in [-0.15, -0.1) is 11.6 Å². The van der Waals surface area contributed by atoms with Crippen molar-refractivity contribution in [2.45, 2.75) is 25.1 Å². The van der Waals surface area contributed by atoms with Crippen molar-refractivity contribution in [3.05, 3.63) is 63.9 Å². The normalized spacial score (nSPS) is 14.2. The first-order valence-corrected chi connectivity index (χ1v) is 7.12. The molecule has 0 aliphatic heterocycles. The van der Waals surface area contributed by atoms with Crippen molar-refractivity contribution in [1.29, 1.82) is 0 Å². The Bertz CT molecular complexity index is 527. The molecule has 94 valence electrons. The molecule has 2 aromatic rings. The van der Waals surface area contributed by atoms with Gasteiger partial charge in [-0.3, -0.25) is 4.98 Å². The first kappa shape index (κ1) is 13.6. The van der Waals surface area contributed by atoms with Gasteiger partial charge in [0.05, 0.1) is 5.38 Å². The molecule has 3 heteroatoms. The van der Waals surface area contributed by atoms with E-state index in [9.17, 15) is 0 Å². The van der Waals surface area contributed by atoms with E-state index in [1.807, 2.05) is 30.6 Å². The van der Waals surface area contributed by atoms with Crippen molar-refractivity contribution in [3.63, 3.8) is 0 Å². The van der Waals surface area contributed by atoms with E-state index in [2.05, 4.69) is 46.9 Å². The monoisotopic (exact) mass is 323 g/mol. The molecule has 0 aliphatic carbocycles. The molecule has 0 fully saturated rings. The highest BCUT2D eigenvalue weighted by Gasteiger charge is 2.20. The minimum Gasteiger partial charge on any atom is -0.265 e. The second kappa shape index (κ2) is 5.85. The maximum absolute atomic E-state index is 6.63. The van der Waals surface area contributed by atoms with Gasteiger partial charge >= 0.3 is 0 Å². The van der Waals surface area contributed by atoms with Crippen LogP contribution in [0.25, 0.3) is 0 Å². The molecule has 1 nitrogen and oxygen atoms in total. The summed E-state index contributed by atoms with van der Waals surface area (Å²) in [7, 11) is 0. The molecular weight excluding hydrogens is 310 g/mol. The van der Waals surface area contributed by atoms with Crippen molar-refractivity contribution in [3.8, 4) is 0 Å². The Morgan fingerprint density at radius 3 is 2.50 bits per heavy atom. The summed E-state index contributed by atoms with van der Waals surface area (Å²) in [5.41, 5.74) is 3.61. The van der Waals surface area contributed by atoms with Gasteiger partial charge in [-0.25, -0.2) is 0 Å². The van der Waals surface area contributed by atoms with Crippen LogP contribution in [-0.4, -0.2) is 4.98 Å². The van der Waals surface area contributed by atoms with Crippen LogP contribution in [0.15, 0.2) is 47.2 Å². The molecule has 0 radical (unpaired) electrons. The highest BCUT2D eigenvalue weighted by atomic mass is 79.9. The van der Waals surface area contributed by atoms with Crippen LogP contribution < -0.4 is 0 Å². The molecule has 18 heavy (non-hydrogen) atoms. The van der Waals surface area contributed by atoms with Gasteiger partial charge in [0.25, 0.3) is 0 Å². The van der Waals surface area contributed by atoms with Gasteiger partial charge in [0.1, 0.15) is 0 Å². The third-order valence-electron chi connectivity index (χ3n) is 3.21. The SMILES string of the molecule is Cc1ccc(Br)cc1C(Cl)C(C)c1ccncc1. The van der Waals surface area contributed by atoms with Crippen LogP contribution in [-0.2, 0) is 0 Å². The molecule has 0 aliphatic rings. The third kappa shape index (κ3) is 2.93. The highest BCUT2D eigenvalue weighted by molar-refractivity contribution is 9.10.